The maximum absolute atomic E-state index is 12.7. The number of thiocarbonyl (C=S) groups is 1. The summed E-state index contributed by atoms with van der Waals surface area (Å²) < 4.78 is 5.33. The number of anilines is 3. The van der Waals surface area contributed by atoms with Gasteiger partial charge in [0.2, 0.25) is 5.91 Å². The van der Waals surface area contributed by atoms with Crippen molar-refractivity contribution in [3.05, 3.63) is 77.3 Å². The topological polar surface area (TPSA) is 62.4 Å². The molecule has 1 atom stereocenters. The van der Waals surface area contributed by atoms with E-state index >= 15 is 0 Å². The monoisotopic (exact) mass is 485 g/mol. The number of carbonyl (C=O) groups is 1. The van der Waals surface area contributed by atoms with Gasteiger partial charge in [0.1, 0.15) is 5.75 Å². The molecule has 8 heteroatoms. The standard InChI is InChI=1S/C24H24ClN3O2S2/c1-15-13-21(22(30-3)14-20(15)25)28-23(29)16(2)32-19-11-9-18(10-12-19)27-24(31)26-17-7-5-4-6-8-17/h4-14,16H,1-3H3,(H,28,29)(H2,26,27,31). The van der Waals surface area contributed by atoms with Crippen molar-refractivity contribution >= 4 is 63.7 Å². The van der Waals surface area contributed by atoms with Gasteiger partial charge in [0.25, 0.3) is 0 Å². The Hall–Kier alpha value is -2.74. The van der Waals surface area contributed by atoms with Crippen molar-refractivity contribution < 1.29 is 9.53 Å². The van der Waals surface area contributed by atoms with Crippen LogP contribution in [0, 0.1) is 6.92 Å². The zero-order valence-corrected chi connectivity index (χ0v) is 20.3. The maximum Gasteiger partial charge on any atom is 0.237 e. The molecular formula is C24H24ClN3O2S2. The van der Waals surface area contributed by atoms with Gasteiger partial charge >= 0.3 is 0 Å². The van der Waals surface area contributed by atoms with Gasteiger partial charge in [-0.1, -0.05) is 29.8 Å². The lowest BCUT2D eigenvalue weighted by atomic mass is 10.2. The molecule has 1 amide bonds. The van der Waals surface area contributed by atoms with Gasteiger partial charge in [0.05, 0.1) is 18.0 Å². The van der Waals surface area contributed by atoms with E-state index < -0.39 is 0 Å². The highest BCUT2D eigenvalue weighted by Gasteiger charge is 2.17. The number of nitrogens with one attached hydrogen (secondary N) is 3. The molecule has 0 bridgehead atoms. The molecule has 3 aromatic carbocycles. The maximum atomic E-state index is 12.7. The minimum atomic E-state index is -0.310. The van der Waals surface area contributed by atoms with Gasteiger partial charge in [0.15, 0.2) is 5.11 Å². The molecule has 32 heavy (non-hydrogen) atoms. The van der Waals surface area contributed by atoms with Crippen LogP contribution < -0.4 is 20.7 Å². The summed E-state index contributed by atoms with van der Waals surface area (Å²) in [6.07, 6.45) is 0. The number of aryl methyl sites for hydroxylation is 1. The molecule has 0 fully saturated rings. The number of thioether (sulfide) groups is 1. The normalized spacial score (nSPS) is 11.4. The van der Waals surface area contributed by atoms with E-state index in [0.717, 1.165) is 21.8 Å². The summed E-state index contributed by atoms with van der Waals surface area (Å²) >= 11 is 13.0. The summed E-state index contributed by atoms with van der Waals surface area (Å²) in [5.41, 5.74) is 3.25. The van der Waals surface area contributed by atoms with Gasteiger partial charge in [-0.3, -0.25) is 4.79 Å². The highest BCUT2D eigenvalue weighted by molar-refractivity contribution is 8.00. The van der Waals surface area contributed by atoms with Crippen molar-refractivity contribution in [2.75, 3.05) is 23.1 Å². The number of halogens is 1. The van der Waals surface area contributed by atoms with Crippen molar-refractivity contribution in [3.63, 3.8) is 0 Å². The SMILES string of the molecule is COc1cc(Cl)c(C)cc1NC(=O)C(C)Sc1ccc(NC(=S)Nc2ccccc2)cc1. The Morgan fingerprint density at radius 3 is 2.25 bits per heavy atom. The molecule has 3 aromatic rings. The predicted molar refractivity (Wildman–Crippen MR) is 139 cm³/mol. The lowest BCUT2D eigenvalue weighted by Gasteiger charge is -2.16. The van der Waals surface area contributed by atoms with Gasteiger partial charge < -0.3 is 20.7 Å². The van der Waals surface area contributed by atoms with Crippen LogP contribution in [0.3, 0.4) is 0 Å². The molecule has 3 rings (SSSR count). The number of hydrogen-bond donors (Lipinski definition) is 3. The van der Waals surface area contributed by atoms with Crippen LogP contribution in [0.2, 0.25) is 5.02 Å². The average Bonchev–Trinajstić information content (AvgIpc) is 2.78. The molecule has 0 aliphatic rings. The number of hydrogen-bond acceptors (Lipinski definition) is 4. The van der Waals surface area contributed by atoms with Crippen LogP contribution in [0.4, 0.5) is 17.1 Å². The third kappa shape index (κ3) is 6.63. The molecule has 0 saturated carbocycles. The van der Waals surface area contributed by atoms with Crippen LogP contribution in [0.1, 0.15) is 12.5 Å². The van der Waals surface area contributed by atoms with Crippen LogP contribution >= 0.6 is 35.6 Å². The number of benzene rings is 3. The molecule has 0 aliphatic carbocycles. The van der Waals surface area contributed by atoms with Crippen LogP contribution in [0.15, 0.2) is 71.6 Å². The lowest BCUT2D eigenvalue weighted by molar-refractivity contribution is -0.115. The zero-order valence-electron chi connectivity index (χ0n) is 17.9. The predicted octanol–water partition coefficient (Wildman–Crippen LogP) is 6.59. The number of amides is 1. The Morgan fingerprint density at radius 1 is 1.00 bits per heavy atom. The van der Waals surface area contributed by atoms with Crippen LogP contribution in [0.25, 0.3) is 0 Å². The second kappa shape index (κ2) is 11.2. The summed E-state index contributed by atoms with van der Waals surface area (Å²) in [6, 6.07) is 21.0. The molecule has 166 valence electrons. The Kier molecular flexibility index (Phi) is 8.39. The summed E-state index contributed by atoms with van der Waals surface area (Å²) in [5.74, 6) is 0.409. The largest absolute Gasteiger partial charge is 0.495 e. The minimum absolute atomic E-state index is 0.120. The second-order valence-corrected chi connectivity index (χ2v) is 9.25. The summed E-state index contributed by atoms with van der Waals surface area (Å²) in [5, 5.41) is 10.0. The lowest BCUT2D eigenvalue weighted by Crippen LogP contribution is -2.22. The van der Waals surface area contributed by atoms with Crippen LogP contribution in [0.5, 0.6) is 5.75 Å². The van der Waals surface area contributed by atoms with Gasteiger partial charge in [-0.15, -0.1) is 11.8 Å². The number of rotatable bonds is 7. The average molecular weight is 486 g/mol. The smallest absolute Gasteiger partial charge is 0.237 e. The third-order valence-electron chi connectivity index (χ3n) is 4.56. The quantitative estimate of drug-likeness (QED) is 0.259. The molecule has 5 nitrogen and oxygen atoms in total. The highest BCUT2D eigenvalue weighted by atomic mass is 35.5. The number of ether oxygens (including phenoxy) is 1. The van der Waals surface area contributed by atoms with Crippen molar-refractivity contribution in [1.82, 2.24) is 0 Å². The van der Waals surface area contributed by atoms with Crippen molar-refractivity contribution in [3.8, 4) is 5.75 Å². The molecule has 0 saturated heterocycles. The van der Waals surface area contributed by atoms with E-state index in [-0.39, 0.29) is 11.2 Å². The molecule has 3 N–H and O–H groups in total. The fraction of sp³-hybridized carbons (Fsp3) is 0.167. The van der Waals surface area contributed by atoms with E-state index in [2.05, 4.69) is 16.0 Å². The van der Waals surface area contributed by atoms with E-state index in [1.807, 2.05) is 74.5 Å². The summed E-state index contributed by atoms with van der Waals surface area (Å²) in [6.45, 7) is 3.74. The van der Waals surface area contributed by atoms with Crippen molar-refractivity contribution in [2.24, 2.45) is 0 Å². The summed E-state index contributed by atoms with van der Waals surface area (Å²) in [4.78, 5) is 13.7. The molecule has 0 spiro atoms. The molecule has 0 aromatic heterocycles. The number of methoxy groups -OCH3 is 1. The Morgan fingerprint density at radius 2 is 1.62 bits per heavy atom. The first kappa shape index (κ1) is 23.9. The zero-order chi connectivity index (χ0) is 23.1. The van der Waals surface area contributed by atoms with Crippen LogP contribution in [-0.4, -0.2) is 23.4 Å². The molecule has 0 heterocycles. The van der Waals surface area contributed by atoms with E-state index in [4.69, 9.17) is 28.6 Å². The number of carbonyl (C=O) groups excluding carboxylic acids is 1. The van der Waals surface area contributed by atoms with E-state index in [1.165, 1.54) is 11.8 Å². The first-order chi connectivity index (χ1) is 15.4. The van der Waals surface area contributed by atoms with Gasteiger partial charge in [0, 0.05) is 27.4 Å². The Balaban J connectivity index is 1.56. The van der Waals surface area contributed by atoms with Crippen molar-refractivity contribution in [1.29, 1.82) is 0 Å². The van der Waals surface area contributed by atoms with E-state index in [9.17, 15) is 4.79 Å². The Bertz CT molecular complexity index is 1090. The fourth-order valence-electron chi connectivity index (χ4n) is 2.85. The minimum Gasteiger partial charge on any atom is -0.495 e. The molecule has 1 unspecified atom stereocenters. The van der Waals surface area contributed by atoms with Crippen LogP contribution in [-0.2, 0) is 4.79 Å². The molecule has 0 aliphatic heterocycles. The second-order valence-electron chi connectivity index (χ2n) is 7.02. The van der Waals surface area contributed by atoms with Gasteiger partial charge in [-0.2, -0.15) is 0 Å². The Labute approximate surface area is 202 Å². The van der Waals surface area contributed by atoms with E-state index in [1.54, 1.807) is 13.2 Å². The molecular weight excluding hydrogens is 462 g/mol. The first-order valence-electron chi connectivity index (χ1n) is 9.90. The fourth-order valence-corrected chi connectivity index (χ4v) is 4.11. The highest BCUT2D eigenvalue weighted by Crippen LogP contribution is 2.32. The van der Waals surface area contributed by atoms with Gasteiger partial charge in [-0.25, -0.2) is 0 Å². The van der Waals surface area contributed by atoms with Crippen molar-refractivity contribution in [2.45, 2.75) is 24.0 Å². The van der Waals surface area contributed by atoms with Gasteiger partial charge in [-0.05, 0) is 74.1 Å². The third-order valence-corrected chi connectivity index (χ3v) is 6.29. The molecule has 0 radical (unpaired) electrons. The number of para-hydroxylation sites is 1. The first-order valence-corrected chi connectivity index (χ1v) is 11.6. The summed E-state index contributed by atoms with van der Waals surface area (Å²) in [7, 11) is 1.55. The van der Waals surface area contributed by atoms with E-state index in [0.29, 0.717) is 21.6 Å².